The number of fused-ring (bicyclic) bond motifs is 1. The van der Waals surface area contributed by atoms with Crippen molar-refractivity contribution in [2.24, 2.45) is 0 Å². The number of amides is 2. The lowest BCUT2D eigenvalue weighted by Gasteiger charge is -2.26. The molecule has 1 heterocycles. The summed E-state index contributed by atoms with van der Waals surface area (Å²) in [5, 5.41) is 12.5. The Morgan fingerprint density at radius 1 is 1.50 bits per heavy atom. The van der Waals surface area contributed by atoms with Gasteiger partial charge < -0.3 is 20.1 Å². The van der Waals surface area contributed by atoms with Crippen LogP contribution in [0.1, 0.15) is 19.4 Å². The lowest BCUT2D eigenvalue weighted by molar-refractivity contribution is 0.0528. The largest absolute Gasteiger partial charge is 0.488 e. The Labute approximate surface area is 119 Å². The maximum absolute atomic E-state index is 11.9. The number of hydrogen-bond acceptors (Lipinski definition) is 3. The first-order chi connectivity index (χ1) is 9.35. The van der Waals surface area contributed by atoms with Gasteiger partial charge in [-0.1, -0.05) is 18.2 Å². The van der Waals surface area contributed by atoms with Gasteiger partial charge in [0.1, 0.15) is 11.9 Å². The van der Waals surface area contributed by atoms with Crippen LogP contribution in [-0.4, -0.2) is 47.9 Å². The Balaban J connectivity index is 1.78. The number of nitrogens with zero attached hydrogens (tertiary/aromatic N) is 1. The molecule has 1 aliphatic rings. The van der Waals surface area contributed by atoms with E-state index in [-0.39, 0.29) is 18.7 Å². The fourth-order valence-corrected chi connectivity index (χ4v) is 2.36. The standard InChI is InChI=1S/C15H22N2O3/c1-15(2,19)10-17(3)14(18)16-9-12-8-11-6-4-5-7-13(11)20-12/h4-7,12,19H,8-10H2,1-3H3,(H,16,18). The first-order valence-corrected chi connectivity index (χ1v) is 6.81. The number of para-hydroxylation sites is 1. The third-order valence-electron chi connectivity index (χ3n) is 3.17. The number of hydrogen-bond donors (Lipinski definition) is 2. The summed E-state index contributed by atoms with van der Waals surface area (Å²) in [5.41, 5.74) is 0.281. The molecule has 20 heavy (non-hydrogen) atoms. The third kappa shape index (κ3) is 3.87. The van der Waals surface area contributed by atoms with Crippen molar-refractivity contribution in [3.63, 3.8) is 0 Å². The molecule has 1 aromatic carbocycles. The first kappa shape index (κ1) is 14.7. The number of likely N-dealkylation sites (N-methyl/N-ethyl adjacent to an activating group) is 1. The third-order valence-corrected chi connectivity index (χ3v) is 3.17. The van der Waals surface area contributed by atoms with Crippen molar-refractivity contribution in [1.29, 1.82) is 0 Å². The fourth-order valence-electron chi connectivity index (χ4n) is 2.36. The Morgan fingerprint density at radius 3 is 2.85 bits per heavy atom. The van der Waals surface area contributed by atoms with Gasteiger partial charge in [-0.2, -0.15) is 0 Å². The highest BCUT2D eigenvalue weighted by molar-refractivity contribution is 5.74. The average molecular weight is 278 g/mol. The van der Waals surface area contributed by atoms with E-state index in [2.05, 4.69) is 5.32 Å². The topological polar surface area (TPSA) is 61.8 Å². The smallest absolute Gasteiger partial charge is 0.317 e. The van der Waals surface area contributed by atoms with E-state index < -0.39 is 5.60 Å². The molecule has 1 aliphatic heterocycles. The molecule has 0 aliphatic carbocycles. The van der Waals surface area contributed by atoms with E-state index in [4.69, 9.17) is 4.74 Å². The molecule has 2 rings (SSSR count). The molecular weight excluding hydrogens is 256 g/mol. The molecule has 0 spiro atoms. The molecule has 0 radical (unpaired) electrons. The number of ether oxygens (including phenoxy) is 1. The van der Waals surface area contributed by atoms with E-state index in [1.807, 2.05) is 24.3 Å². The second-order valence-electron chi connectivity index (χ2n) is 5.91. The van der Waals surface area contributed by atoms with Gasteiger partial charge in [-0.25, -0.2) is 4.79 Å². The van der Waals surface area contributed by atoms with E-state index in [1.165, 1.54) is 10.5 Å². The minimum absolute atomic E-state index is 0.0214. The summed E-state index contributed by atoms with van der Waals surface area (Å²) >= 11 is 0. The maximum Gasteiger partial charge on any atom is 0.317 e. The van der Waals surface area contributed by atoms with Gasteiger partial charge in [0, 0.05) is 13.5 Å². The number of urea groups is 1. The average Bonchev–Trinajstić information content (AvgIpc) is 2.76. The van der Waals surface area contributed by atoms with Gasteiger partial charge in [0.25, 0.3) is 0 Å². The quantitative estimate of drug-likeness (QED) is 0.875. The van der Waals surface area contributed by atoms with Crippen molar-refractivity contribution in [3.8, 4) is 5.75 Å². The number of benzene rings is 1. The number of aliphatic hydroxyl groups is 1. The second kappa shape index (κ2) is 5.71. The van der Waals surface area contributed by atoms with Gasteiger partial charge in [-0.15, -0.1) is 0 Å². The van der Waals surface area contributed by atoms with Crippen LogP contribution in [0.2, 0.25) is 0 Å². The molecule has 0 saturated heterocycles. The van der Waals surface area contributed by atoms with Crippen LogP contribution in [0.25, 0.3) is 0 Å². The molecule has 2 N–H and O–H groups in total. The molecular formula is C15H22N2O3. The minimum atomic E-state index is -0.897. The predicted octanol–water partition coefficient (Wildman–Crippen LogP) is 1.40. The summed E-state index contributed by atoms with van der Waals surface area (Å²) in [6, 6.07) is 7.71. The van der Waals surface area contributed by atoms with Crippen molar-refractivity contribution >= 4 is 6.03 Å². The Hall–Kier alpha value is -1.75. The molecule has 5 nitrogen and oxygen atoms in total. The van der Waals surface area contributed by atoms with E-state index in [0.29, 0.717) is 6.54 Å². The fraction of sp³-hybridized carbons (Fsp3) is 0.533. The predicted molar refractivity (Wildman–Crippen MR) is 76.9 cm³/mol. The number of nitrogens with one attached hydrogen (secondary N) is 1. The van der Waals surface area contributed by atoms with Crippen LogP contribution in [0.4, 0.5) is 4.79 Å². The highest BCUT2D eigenvalue weighted by Gasteiger charge is 2.24. The van der Waals surface area contributed by atoms with Gasteiger partial charge in [0.15, 0.2) is 0 Å². The number of rotatable bonds is 4. The molecule has 1 atom stereocenters. The van der Waals surface area contributed by atoms with Crippen LogP contribution >= 0.6 is 0 Å². The van der Waals surface area contributed by atoms with Gasteiger partial charge in [-0.3, -0.25) is 0 Å². The van der Waals surface area contributed by atoms with E-state index >= 15 is 0 Å². The summed E-state index contributed by atoms with van der Waals surface area (Å²) in [6.07, 6.45) is 0.790. The number of carbonyl (C=O) groups is 1. The highest BCUT2D eigenvalue weighted by Crippen LogP contribution is 2.27. The van der Waals surface area contributed by atoms with Gasteiger partial charge in [-0.05, 0) is 25.5 Å². The molecule has 1 aromatic rings. The van der Waals surface area contributed by atoms with Crippen molar-refractivity contribution in [2.75, 3.05) is 20.1 Å². The summed E-state index contributed by atoms with van der Waals surface area (Å²) in [4.78, 5) is 13.4. The minimum Gasteiger partial charge on any atom is -0.488 e. The van der Waals surface area contributed by atoms with Crippen molar-refractivity contribution in [1.82, 2.24) is 10.2 Å². The van der Waals surface area contributed by atoms with Crippen LogP contribution in [-0.2, 0) is 6.42 Å². The number of carbonyl (C=O) groups excluding carboxylic acids is 1. The van der Waals surface area contributed by atoms with E-state index in [0.717, 1.165) is 12.2 Å². The van der Waals surface area contributed by atoms with Crippen molar-refractivity contribution in [2.45, 2.75) is 32.0 Å². The lowest BCUT2D eigenvalue weighted by Crippen LogP contribution is -2.46. The normalized spacial score (nSPS) is 17.3. The Morgan fingerprint density at radius 2 is 2.20 bits per heavy atom. The Kier molecular flexibility index (Phi) is 4.18. The summed E-state index contributed by atoms with van der Waals surface area (Å²) in [7, 11) is 1.66. The first-order valence-electron chi connectivity index (χ1n) is 6.81. The maximum atomic E-state index is 11.9. The molecule has 0 aromatic heterocycles. The van der Waals surface area contributed by atoms with Crippen LogP contribution in [0.3, 0.4) is 0 Å². The molecule has 5 heteroatoms. The SMILES string of the molecule is CN(CC(C)(C)O)C(=O)NCC1Cc2ccccc2O1. The van der Waals surface area contributed by atoms with Gasteiger partial charge >= 0.3 is 6.03 Å². The van der Waals surface area contributed by atoms with Crippen LogP contribution < -0.4 is 10.1 Å². The van der Waals surface area contributed by atoms with Crippen LogP contribution in [0.15, 0.2) is 24.3 Å². The zero-order chi connectivity index (χ0) is 14.8. The molecule has 1 unspecified atom stereocenters. The van der Waals surface area contributed by atoms with E-state index in [1.54, 1.807) is 20.9 Å². The monoisotopic (exact) mass is 278 g/mol. The molecule has 0 fully saturated rings. The lowest BCUT2D eigenvalue weighted by atomic mass is 10.1. The van der Waals surface area contributed by atoms with Crippen LogP contribution in [0, 0.1) is 0 Å². The molecule has 2 amide bonds. The zero-order valence-corrected chi connectivity index (χ0v) is 12.2. The Bertz CT molecular complexity index is 457. The van der Waals surface area contributed by atoms with Crippen LogP contribution in [0.5, 0.6) is 5.75 Å². The van der Waals surface area contributed by atoms with Gasteiger partial charge in [0.2, 0.25) is 0 Å². The van der Waals surface area contributed by atoms with Gasteiger partial charge in [0.05, 0.1) is 18.7 Å². The molecule has 0 saturated carbocycles. The summed E-state index contributed by atoms with van der Waals surface area (Å²) in [5.74, 6) is 0.900. The zero-order valence-electron chi connectivity index (χ0n) is 12.2. The highest BCUT2D eigenvalue weighted by atomic mass is 16.5. The van der Waals surface area contributed by atoms with E-state index in [9.17, 15) is 9.90 Å². The summed E-state index contributed by atoms with van der Waals surface area (Å²) < 4.78 is 5.76. The molecule has 0 bridgehead atoms. The van der Waals surface area contributed by atoms with Crippen molar-refractivity contribution < 1.29 is 14.6 Å². The van der Waals surface area contributed by atoms with Crippen molar-refractivity contribution in [3.05, 3.63) is 29.8 Å². The second-order valence-corrected chi connectivity index (χ2v) is 5.91. The summed E-state index contributed by atoms with van der Waals surface area (Å²) in [6.45, 7) is 4.09. The molecule has 110 valence electrons.